The van der Waals surface area contributed by atoms with E-state index in [1.54, 1.807) is 0 Å². The van der Waals surface area contributed by atoms with E-state index < -0.39 is 0 Å². The summed E-state index contributed by atoms with van der Waals surface area (Å²) in [6.45, 7) is 4.38. The van der Waals surface area contributed by atoms with Gasteiger partial charge in [0.1, 0.15) is 5.75 Å². The summed E-state index contributed by atoms with van der Waals surface area (Å²) in [6.07, 6.45) is 3.93. The Morgan fingerprint density at radius 3 is 2.70 bits per heavy atom. The molecule has 0 amide bonds. The van der Waals surface area contributed by atoms with Crippen LogP contribution in [0.15, 0.2) is 34.9 Å². The zero-order valence-corrected chi connectivity index (χ0v) is 13.9. The largest absolute Gasteiger partial charge is 0.481 e. The average Bonchev–Trinajstić information content (AvgIpc) is 3.04. The molecule has 1 atom stereocenters. The molecule has 1 fully saturated rings. The molecule has 2 aromatic rings. The molecule has 0 saturated carbocycles. The minimum absolute atomic E-state index is 0.184. The average molecular weight is 315 g/mol. The number of para-hydroxylation sites is 1. The SMILES string of the molecule is CC[C@H](Oc1ccccc1)c1nc(CC2CCN(C)CC2)no1. The second-order valence-corrected chi connectivity index (χ2v) is 6.33. The van der Waals surface area contributed by atoms with E-state index in [1.807, 2.05) is 30.3 Å². The summed E-state index contributed by atoms with van der Waals surface area (Å²) in [5, 5.41) is 4.16. The van der Waals surface area contributed by atoms with Gasteiger partial charge < -0.3 is 14.2 Å². The molecule has 1 aromatic carbocycles. The van der Waals surface area contributed by atoms with Crippen LogP contribution in [0.5, 0.6) is 5.75 Å². The number of piperidine rings is 1. The van der Waals surface area contributed by atoms with Crippen LogP contribution in [0.25, 0.3) is 0 Å². The molecule has 2 heterocycles. The molecular weight excluding hydrogens is 290 g/mol. The first kappa shape index (κ1) is 16.0. The second kappa shape index (κ2) is 7.59. The number of aromatic nitrogens is 2. The Bertz CT molecular complexity index is 591. The van der Waals surface area contributed by atoms with Crippen molar-refractivity contribution in [3.8, 4) is 5.75 Å². The van der Waals surface area contributed by atoms with Crippen molar-refractivity contribution in [3.63, 3.8) is 0 Å². The van der Waals surface area contributed by atoms with E-state index in [1.165, 1.54) is 12.8 Å². The van der Waals surface area contributed by atoms with Crippen LogP contribution >= 0.6 is 0 Å². The molecule has 3 rings (SSSR count). The number of rotatable bonds is 6. The van der Waals surface area contributed by atoms with Crippen molar-refractivity contribution in [2.75, 3.05) is 20.1 Å². The summed E-state index contributed by atoms with van der Waals surface area (Å²) in [7, 11) is 2.18. The quantitative estimate of drug-likeness (QED) is 0.817. The third-order valence-corrected chi connectivity index (χ3v) is 4.46. The van der Waals surface area contributed by atoms with Crippen LogP contribution in [-0.4, -0.2) is 35.2 Å². The summed E-state index contributed by atoms with van der Waals surface area (Å²) in [5.41, 5.74) is 0. The van der Waals surface area contributed by atoms with E-state index >= 15 is 0 Å². The van der Waals surface area contributed by atoms with Crippen molar-refractivity contribution in [3.05, 3.63) is 42.0 Å². The zero-order valence-electron chi connectivity index (χ0n) is 13.9. The molecule has 1 aromatic heterocycles. The van der Waals surface area contributed by atoms with Crippen molar-refractivity contribution in [1.29, 1.82) is 0 Å². The van der Waals surface area contributed by atoms with E-state index in [0.717, 1.165) is 37.5 Å². The first-order valence-electron chi connectivity index (χ1n) is 8.47. The molecule has 23 heavy (non-hydrogen) atoms. The molecule has 0 unspecified atom stereocenters. The number of benzene rings is 1. The first-order valence-corrected chi connectivity index (χ1v) is 8.47. The molecule has 1 aliphatic rings. The Kier molecular flexibility index (Phi) is 5.28. The van der Waals surface area contributed by atoms with Crippen molar-refractivity contribution in [2.45, 2.75) is 38.7 Å². The third kappa shape index (κ3) is 4.32. The van der Waals surface area contributed by atoms with Crippen LogP contribution in [0, 0.1) is 5.92 Å². The molecule has 0 radical (unpaired) electrons. The fourth-order valence-electron chi connectivity index (χ4n) is 2.98. The van der Waals surface area contributed by atoms with Gasteiger partial charge in [0, 0.05) is 6.42 Å². The van der Waals surface area contributed by atoms with Crippen molar-refractivity contribution < 1.29 is 9.26 Å². The first-order chi connectivity index (χ1) is 11.2. The molecule has 124 valence electrons. The van der Waals surface area contributed by atoms with E-state index in [4.69, 9.17) is 9.26 Å². The van der Waals surface area contributed by atoms with Crippen LogP contribution in [0.2, 0.25) is 0 Å². The molecular formula is C18H25N3O2. The Morgan fingerprint density at radius 1 is 1.26 bits per heavy atom. The molecule has 0 N–H and O–H groups in total. The lowest BCUT2D eigenvalue weighted by Gasteiger charge is -2.28. The maximum Gasteiger partial charge on any atom is 0.267 e. The highest BCUT2D eigenvalue weighted by Gasteiger charge is 2.22. The van der Waals surface area contributed by atoms with Crippen molar-refractivity contribution in [1.82, 2.24) is 15.0 Å². The molecule has 0 aliphatic carbocycles. The van der Waals surface area contributed by atoms with Crippen LogP contribution in [-0.2, 0) is 6.42 Å². The topological polar surface area (TPSA) is 51.4 Å². The maximum absolute atomic E-state index is 5.96. The lowest BCUT2D eigenvalue weighted by atomic mass is 9.94. The highest BCUT2D eigenvalue weighted by molar-refractivity contribution is 5.21. The zero-order chi connectivity index (χ0) is 16.1. The Balaban J connectivity index is 1.60. The highest BCUT2D eigenvalue weighted by atomic mass is 16.5. The molecule has 1 aliphatic heterocycles. The lowest BCUT2D eigenvalue weighted by Crippen LogP contribution is -2.31. The van der Waals surface area contributed by atoms with Gasteiger partial charge in [0.2, 0.25) is 0 Å². The molecule has 5 heteroatoms. The van der Waals surface area contributed by atoms with Gasteiger partial charge in [0.05, 0.1) is 0 Å². The van der Waals surface area contributed by atoms with Crippen LogP contribution < -0.4 is 4.74 Å². The standard InChI is InChI=1S/C18H25N3O2/c1-3-16(22-15-7-5-4-6-8-15)18-19-17(20-23-18)13-14-9-11-21(2)12-10-14/h4-8,14,16H,3,9-13H2,1-2H3/t16-/m0/s1. The second-order valence-electron chi connectivity index (χ2n) is 6.33. The van der Waals surface area contributed by atoms with Gasteiger partial charge in [-0.05, 0) is 57.5 Å². The van der Waals surface area contributed by atoms with Gasteiger partial charge in [0.15, 0.2) is 11.9 Å². The van der Waals surface area contributed by atoms with Gasteiger partial charge >= 0.3 is 0 Å². The van der Waals surface area contributed by atoms with E-state index in [2.05, 4.69) is 29.0 Å². The summed E-state index contributed by atoms with van der Waals surface area (Å²) >= 11 is 0. The number of nitrogens with zero attached hydrogens (tertiary/aromatic N) is 3. The predicted molar refractivity (Wildman–Crippen MR) is 88.3 cm³/mol. The summed E-state index contributed by atoms with van der Waals surface area (Å²) < 4.78 is 11.4. The normalized spacial score (nSPS) is 18.0. The molecule has 0 spiro atoms. The minimum atomic E-state index is -0.184. The lowest BCUT2D eigenvalue weighted by molar-refractivity contribution is 0.154. The highest BCUT2D eigenvalue weighted by Crippen LogP contribution is 2.25. The van der Waals surface area contributed by atoms with Crippen molar-refractivity contribution >= 4 is 0 Å². The molecule has 1 saturated heterocycles. The molecule has 5 nitrogen and oxygen atoms in total. The summed E-state index contributed by atoms with van der Waals surface area (Å²) in [4.78, 5) is 6.95. The Hall–Kier alpha value is -1.88. The number of ether oxygens (including phenoxy) is 1. The fraction of sp³-hybridized carbons (Fsp3) is 0.556. The number of hydrogen-bond donors (Lipinski definition) is 0. The van der Waals surface area contributed by atoms with Gasteiger partial charge in [-0.2, -0.15) is 4.98 Å². The predicted octanol–water partition coefficient (Wildman–Crippen LogP) is 3.48. The van der Waals surface area contributed by atoms with Gasteiger partial charge in [-0.3, -0.25) is 0 Å². The number of likely N-dealkylation sites (tertiary alicyclic amines) is 1. The monoisotopic (exact) mass is 315 g/mol. The minimum Gasteiger partial charge on any atom is -0.481 e. The third-order valence-electron chi connectivity index (χ3n) is 4.46. The number of hydrogen-bond acceptors (Lipinski definition) is 5. The van der Waals surface area contributed by atoms with Crippen LogP contribution in [0.3, 0.4) is 0 Å². The van der Waals surface area contributed by atoms with Gasteiger partial charge in [-0.25, -0.2) is 0 Å². The summed E-state index contributed by atoms with van der Waals surface area (Å²) in [5.74, 6) is 2.88. The van der Waals surface area contributed by atoms with E-state index in [9.17, 15) is 0 Å². The van der Waals surface area contributed by atoms with Gasteiger partial charge in [0.25, 0.3) is 5.89 Å². The van der Waals surface area contributed by atoms with Crippen LogP contribution in [0.1, 0.15) is 44.0 Å². The van der Waals surface area contributed by atoms with E-state index in [-0.39, 0.29) is 6.10 Å². The maximum atomic E-state index is 5.96. The smallest absolute Gasteiger partial charge is 0.267 e. The van der Waals surface area contributed by atoms with Gasteiger partial charge in [-0.15, -0.1) is 0 Å². The Morgan fingerprint density at radius 2 is 2.00 bits per heavy atom. The van der Waals surface area contributed by atoms with Crippen molar-refractivity contribution in [2.24, 2.45) is 5.92 Å². The molecule has 0 bridgehead atoms. The van der Waals surface area contributed by atoms with Gasteiger partial charge in [-0.1, -0.05) is 30.3 Å². The summed E-state index contributed by atoms with van der Waals surface area (Å²) in [6, 6.07) is 9.78. The fourth-order valence-corrected chi connectivity index (χ4v) is 2.98. The van der Waals surface area contributed by atoms with Crippen LogP contribution in [0.4, 0.5) is 0 Å². The Labute approximate surface area is 137 Å². The van der Waals surface area contributed by atoms with E-state index in [0.29, 0.717) is 11.8 Å².